The van der Waals surface area contributed by atoms with Crippen LogP contribution in [0.5, 0.6) is 0 Å². The Morgan fingerprint density at radius 1 is 1.00 bits per heavy atom. The monoisotopic (exact) mass is 338 g/mol. The minimum Gasteiger partial charge on any atom is -0.288 e. The molecule has 0 amide bonds. The summed E-state index contributed by atoms with van der Waals surface area (Å²) in [6, 6.07) is 21.6. The predicted molar refractivity (Wildman–Crippen MR) is 98.4 cm³/mol. The lowest BCUT2D eigenvalue weighted by molar-refractivity contribution is 0.105. The van der Waals surface area contributed by atoms with Gasteiger partial charge in [0.1, 0.15) is 0 Å². The molecule has 0 aliphatic carbocycles. The Labute approximate surface area is 144 Å². The zero-order chi connectivity index (χ0) is 16.1. The first-order valence-corrected chi connectivity index (χ1v) is 8.51. The van der Waals surface area contributed by atoms with Crippen molar-refractivity contribution >= 4 is 34.8 Å². The molecule has 0 radical (unpaired) electrons. The summed E-state index contributed by atoms with van der Waals surface area (Å²) in [5.41, 5.74) is 2.18. The first kappa shape index (κ1) is 15.7. The highest BCUT2D eigenvalue weighted by atomic mass is 35.5. The Morgan fingerprint density at radius 2 is 1.83 bits per heavy atom. The lowest BCUT2D eigenvalue weighted by atomic mass is 10.1. The van der Waals surface area contributed by atoms with Crippen molar-refractivity contribution in [1.29, 1.82) is 0 Å². The number of hydrogen-bond acceptors (Lipinski definition) is 2. The molecule has 23 heavy (non-hydrogen) atoms. The van der Waals surface area contributed by atoms with Gasteiger partial charge in [-0.25, -0.2) is 0 Å². The van der Waals surface area contributed by atoms with Gasteiger partial charge in [0.05, 0.1) is 4.88 Å². The standard InChI is InChI=1S/C20H15ClOS/c21-17-8-4-7-16(13-17)9-11-19(22)20-12-10-18(23-20)14-15-5-2-1-3-6-15/h1-13H,14H2/b11-9+. The van der Waals surface area contributed by atoms with Gasteiger partial charge in [-0.1, -0.05) is 60.1 Å². The molecule has 0 bridgehead atoms. The molecule has 0 saturated heterocycles. The van der Waals surface area contributed by atoms with Crippen molar-refractivity contribution in [2.24, 2.45) is 0 Å². The topological polar surface area (TPSA) is 17.1 Å². The molecule has 0 N–H and O–H groups in total. The summed E-state index contributed by atoms with van der Waals surface area (Å²) >= 11 is 7.49. The molecule has 0 fully saturated rings. The normalized spacial score (nSPS) is 11.0. The second-order valence-corrected chi connectivity index (χ2v) is 6.79. The van der Waals surface area contributed by atoms with Crippen molar-refractivity contribution < 1.29 is 4.79 Å². The SMILES string of the molecule is O=C(/C=C/c1cccc(Cl)c1)c1ccc(Cc2ccccc2)s1. The number of allylic oxidation sites excluding steroid dienone is 1. The van der Waals surface area contributed by atoms with Gasteiger partial charge in [0.2, 0.25) is 0 Å². The molecule has 0 atom stereocenters. The van der Waals surface area contributed by atoms with Crippen LogP contribution in [0.25, 0.3) is 6.08 Å². The molecule has 0 aliphatic heterocycles. The van der Waals surface area contributed by atoms with E-state index in [1.165, 1.54) is 10.4 Å². The van der Waals surface area contributed by atoms with Crippen LogP contribution in [0.3, 0.4) is 0 Å². The van der Waals surface area contributed by atoms with Crippen LogP contribution in [0.1, 0.15) is 25.7 Å². The van der Waals surface area contributed by atoms with E-state index in [4.69, 9.17) is 11.6 Å². The molecule has 0 aliphatic rings. The van der Waals surface area contributed by atoms with Crippen molar-refractivity contribution in [2.45, 2.75) is 6.42 Å². The number of ketones is 1. The summed E-state index contributed by atoms with van der Waals surface area (Å²) in [7, 11) is 0. The number of halogens is 1. The Balaban J connectivity index is 1.69. The molecule has 0 spiro atoms. The van der Waals surface area contributed by atoms with Gasteiger partial charge in [-0.3, -0.25) is 4.79 Å². The number of hydrogen-bond donors (Lipinski definition) is 0. The smallest absolute Gasteiger partial charge is 0.195 e. The van der Waals surface area contributed by atoms with Crippen LogP contribution in [0.4, 0.5) is 0 Å². The van der Waals surface area contributed by atoms with E-state index >= 15 is 0 Å². The molecule has 3 aromatic rings. The van der Waals surface area contributed by atoms with E-state index in [1.54, 1.807) is 23.5 Å². The first-order chi connectivity index (χ1) is 11.2. The third kappa shape index (κ3) is 4.41. The second kappa shape index (κ2) is 7.40. The molecular formula is C20H15ClOS. The summed E-state index contributed by atoms with van der Waals surface area (Å²) in [5, 5.41) is 0.667. The fourth-order valence-corrected chi connectivity index (χ4v) is 3.43. The molecule has 114 valence electrons. The zero-order valence-corrected chi connectivity index (χ0v) is 14.0. The van der Waals surface area contributed by atoms with E-state index in [-0.39, 0.29) is 5.78 Å². The summed E-state index contributed by atoms with van der Waals surface area (Å²) in [5.74, 6) is 0.0225. The van der Waals surface area contributed by atoms with E-state index in [9.17, 15) is 4.79 Å². The highest BCUT2D eigenvalue weighted by Crippen LogP contribution is 2.21. The third-order valence-corrected chi connectivity index (χ3v) is 4.74. The van der Waals surface area contributed by atoms with E-state index in [0.29, 0.717) is 5.02 Å². The van der Waals surface area contributed by atoms with Gasteiger partial charge in [-0.2, -0.15) is 0 Å². The highest BCUT2D eigenvalue weighted by Gasteiger charge is 2.07. The average molecular weight is 339 g/mol. The molecule has 0 unspecified atom stereocenters. The Bertz CT molecular complexity index is 834. The van der Waals surface area contributed by atoms with Gasteiger partial charge in [0, 0.05) is 16.3 Å². The molecule has 1 nitrogen and oxygen atoms in total. The molecule has 1 aromatic heterocycles. The van der Waals surface area contributed by atoms with Crippen LogP contribution in [0.2, 0.25) is 5.02 Å². The number of benzene rings is 2. The minimum atomic E-state index is 0.0225. The summed E-state index contributed by atoms with van der Waals surface area (Å²) < 4.78 is 0. The fourth-order valence-electron chi connectivity index (χ4n) is 2.27. The summed E-state index contributed by atoms with van der Waals surface area (Å²) in [6.07, 6.45) is 4.26. The fraction of sp³-hybridized carbons (Fsp3) is 0.0500. The number of rotatable bonds is 5. The summed E-state index contributed by atoms with van der Waals surface area (Å²) in [6.45, 7) is 0. The van der Waals surface area contributed by atoms with E-state index in [1.807, 2.05) is 54.6 Å². The minimum absolute atomic E-state index is 0.0225. The van der Waals surface area contributed by atoms with Gasteiger partial charge in [0.15, 0.2) is 5.78 Å². The van der Waals surface area contributed by atoms with Gasteiger partial charge in [0.25, 0.3) is 0 Å². The molecule has 0 saturated carbocycles. The number of carbonyl (C=O) groups is 1. The maximum Gasteiger partial charge on any atom is 0.195 e. The van der Waals surface area contributed by atoms with Gasteiger partial charge in [-0.15, -0.1) is 11.3 Å². The maximum atomic E-state index is 12.3. The molecule has 2 aromatic carbocycles. The van der Waals surface area contributed by atoms with E-state index in [0.717, 1.165) is 16.9 Å². The van der Waals surface area contributed by atoms with Crippen LogP contribution in [-0.2, 0) is 6.42 Å². The van der Waals surface area contributed by atoms with E-state index in [2.05, 4.69) is 12.1 Å². The first-order valence-electron chi connectivity index (χ1n) is 7.31. The maximum absolute atomic E-state index is 12.3. The van der Waals surface area contributed by atoms with Crippen LogP contribution >= 0.6 is 22.9 Å². The van der Waals surface area contributed by atoms with Crippen molar-refractivity contribution in [3.63, 3.8) is 0 Å². The lowest BCUT2D eigenvalue weighted by Gasteiger charge is -1.97. The van der Waals surface area contributed by atoms with Crippen LogP contribution in [0.15, 0.2) is 72.8 Å². The molecule has 3 rings (SSSR count). The summed E-state index contributed by atoms with van der Waals surface area (Å²) in [4.78, 5) is 14.2. The number of carbonyl (C=O) groups excluding carboxylic acids is 1. The van der Waals surface area contributed by atoms with Gasteiger partial charge in [-0.05, 0) is 41.5 Å². The van der Waals surface area contributed by atoms with Crippen molar-refractivity contribution in [1.82, 2.24) is 0 Å². The molecule has 1 heterocycles. The Kier molecular flexibility index (Phi) is 5.06. The number of thiophene rings is 1. The van der Waals surface area contributed by atoms with Gasteiger partial charge < -0.3 is 0 Å². The van der Waals surface area contributed by atoms with Crippen LogP contribution in [-0.4, -0.2) is 5.78 Å². The molecular weight excluding hydrogens is 324 g/mol. The van der Waals surface area contributed by atoms with Crippen molar-refractivity contribution in [2.75, 3.05) is 0 Å². The highest BCUT2D eigenvalue weighted by molar-refractivity contribution is 7.14. The molecule has 3 heteroatoms. The largest absolute Gasteiger partial charge is 0.288 e. The Hall–Kier alpha value is -2.16. The quantitative estimate of drug-likeness (QED) is 0.419. The predicted octanol–water partition coefficient (Wildman–Crippen LogP) is 5.89. The Morgan fingerprint density at radius 3 is 2.61 bits per heavy atom. The van der Waals surface area contributed by atoms with E-state index < -0.39 is 0 Å². The van der Waals surface area contributed by atoms with Crippen LogP contribution < -0.4 is 0 Å². The third-order valence-electron chi connectivity index (χ3n) is 3.40. The van der Waals surface area contributed by atoms with Gasteiger partial charge >= 0.3 is 0 Å². The average Bonchev–Trinajstić information content (AvgIpc) is 3.02. The lowest BCUT2D eigenvalue weighted by Crippen LogP contribution is -1.88. The zero-order valence-electron chi connectivity index (χ0n) is 12.4. The van der Waals surface area contributed by atoms with Crippen molar-refractivity contribution in [3.05, 3.63) is 98.7 Å². The van der Waals surface area contributed by atoms with Crippen molar-refractivity contribution in [3.8, 4) is 0 Å². The van der Waals surface area contributed by atoms with Crippen LogP contribution in [0, 0.1) is 0 Å². The second-order valence-electron chi connectivity index (χ2n) is 5.18.